The summed E-state index contributed by atoms with van der Waals surface area (Å²) in [5.41, 5.74) is 5.08. The van der Waals surface area contributed by atoms with Crippen LogP contribution in [0.25, 0.3) is 11.1 Å². The van der Waals surface area contributed by atoms with Crippen LogP contribution in [0.5, 0.6) is 0 Å². The molecule has 1 N–H and O–H groups in total. The van der Waals surface area contributed by atoms with Crippen molar-refractivity contribution in [3.63, 3.8) is 0 Å². The summed E-state index contributed by atoms with van der Waals surface area (Å²) in [4.78, 5) is 0. The minimum Gasteiger partial charge on any atom is -0.316 e. The molecule has 0 aliphatic carbocycles. The summed E-state index contributed by atoms with van der Waals surface area (Å²) in [6.07, 6.45) is 0. The minimum absolute atomic E-state index is 0.776. The Labute approximate surface area is 107 Å². The van der Waals surface area contributed by atoms with Gasteiger partial charge in [0.05, 0.1) is 0 Å². The lowest BCUT2D eigenvalue weighted by atomic mass is 9.98. The zero-order valence-electron chi connectivity index (χ0n) is 10.1. The van der Waals surface area contributed by atoms with Gasteiger partial charge in [-0.25, -0.2) is 0 Å². The molecule has 17 heavy (non-hydrogen) atoms. The monoisotopic (exact) mass is 245 g/mol. The maximum atomic E-state index is 5.90. The lowest BCUT2D eigenvalue weighted by Crippen LogP contribution is -2.05. The fourth-order valence-electron chi connectivity index (χ4n) is 1.99. The molecule has 2 rings (SSSR count). The van der Waals surface area contributed by atoms with E-state index in [2.05, 4.69) is 42.6 Å². The van der Waals surface area contributed by atoms with E-state index in [0.29, 0.717) is 0 Å². The predicted molar refractivity (Wildman–Crippen MR) is 74.4 cm³/mol. The number of aryl methyl sites for hydroxylation is 1. The zero-order chi connectivity index (χ0) is 12.3. The van der Waals surface area contributed by atoms with Gasteiger partial charge in [-0.1, -0.05) is 41.9 Å². The van der Waals surface area contributed by atoms with Crippen molar-refractivity contribution in [1.82, 2.24) is 5.32 Å². The van der Waals surface area contributed by atoms with Gasteiger partial charge in [-0.2, -0.15) is 0 Å². The van der Waals surface area contributed by atoms with E-state index >= 15 is 0 Å². The molecule has 0 atom stereocenters. The molecule has 2 heteroatoms. The van der Waals surface area contributed by atoms with Crippen molar-refractivity contribution in [2.75, 3.05) is 7.05 Å². The van der Waals surface area contributed by atoms with Gasteiger partial charge < -0.3 is 5.32 Å². The molecule has 0 heterocycles. The molecule has 0 saturated carbocycles. The molecule has 1 nitrogen and oxygen atoms in total. The molecule has 88 valence electrons. The van der Waals surface area contributed by atoms with Crippen LogP contribution in [-0.4, -0.2) is 7.05 Å². The molecule has 0 fully saturated rings. The number of benzene rings is 2. The van der Waals surface area contributed by atoms with Crippen molar-refractivity contribution in [3.8, 4) is 11.1 Å². The van der Waals surface area contributed by atoms with Crippen LogP contribution in [0.1, 0.15) is 11.1 Å². The van der Waals surface area contributed by atoms with Crippen LogP contribution in [-0.2, 0) is 6.54 Å². The second-order valence-corrected chi connectivity index (χ2v) is 4.62. The summed E-state index contributed by atoms with van der Waals surface area (Å²) in [5, 5.41) is 3.94. The summed E-state index contributed by atoms with van der Waals surface area (Å²) >= 11 is 5.90. The average Bonchev–Trinajstić information content (AvgIpc) is 2.31. The summed E-state index contributed by atoms with van der Waals surface area (Å²) in [5.74, 6) is 0. The Balaban J connectivity index is 2.36. The van der Waals surface area contributed by atoms with Crippen LogP contribution in [0.4, 0.5) is 0 Å². The first-order chi connectivity index (χ1) is 8.20. The Hall–Kier alpha value is -1.31. The normalized spacial score (nSPS) is 10.5. The van der Waals surface area contributed by atoms with Gasteiger partial charge >= 0.3 is 0 Å². The summed E-state index contributed by atoms with van der Waals surface area (Å²) in [6.45, 7) is 3.05. The highest BCUT2D eigenvalue weighted by molar-refractivity contribution is 6.30. The van der Waals surface area contributed by atoms with Crippen molar-refractivity contribution < 1.29 is 0 Å². The Morgan fingerprint density at radius 1 is 1.06 bits per heavy atom. The Kier molecular flexibility index (Phi) is 3.82. The SMILES string of the molecule is CNCc1ccc(-c2ccc(Cl)cc2)c(C)c1. The molecule has 2 aromatic carbocycles. The zero-order valence-corrected chi connectivity index (χ0v) is 10.9. The quantitative estimate of drug-likeness (QED) is 0.861. The topological polar surface area (TPSA) is 12.0 Å². The number of halogens is 1. The standard InChI is InChI=1S/C15H16ClN/c1-11-9-12(10-17-2)3-8-15(11)13-4-6-14(16)7-5-13/h3-9,17H,10H2,1-2H3. The summed E-state index contributed by atoms with van der Waals surface area (Å²) in [6, 6.07) is 14.5. The first kappa shape index (κ1) is 12.2. The highest BCUT2D eigenvalue weighted by atomic mass is 35.5. The van der Waals surface area contributed by atoms with Crippen LogP contribution < -0.4 is 5.32 Å². The van der Waals surface area contributed by atoms with Crippen LogP contribution in [0.3, 0.4) is 0 Å². The van der Waals surface area contributed by atoms with E-state index in [1.807, 2.05) is 19.2 Å². The molecule has 0 aromatic heterocycles. The molecule has 0 spiro atoms. The lowest BCUT2D eigenvalue weighted by Gasteiger charge is -2.09. The van der Waals surface area contributed by atoms with E-state index in [4.69, 9.17) is 11.6 Å². The molecule has 0 saturated heterocycles. The third kappa shape index (κ3) is 2.87. The van der Waals surface area contributed by atoms with E-state index < -0.39 is 0 Å². The lowest BCUT2D eigenvalue weighted by molar-refractivity contribution is 0.817. The molecular weight excluding hydrogens is 230 g/mol. The van der Waals surface area contributed by atoms with E-state index in [9.17, 15) is 0 Å². The van der Waals surface area contributed by atoms with Crippen molar-refractivity contribution in [1.29, 1.82) is 0 Å². The van der Waals surface area contributed by atoms with E-state index in [1.165, 1.54) is 22.3 Å². The maximum absolute atomic E-state index is 5.90. The first-order valence-electron chi connectivity index (χ1n) is 5.71. The van der Waals surface area contributed by atoms with Crippen LogP contribution in [0.2, 0.25) is 5.02 Å². The fraction of sp³-hybridized carbons (Fsp3) is 0.200. The number of hydrogen-bond acceptors (Lipinski definition) is 1. The average molecular weight is 246 g/mol. The van der Waals surface area contributed by atoms with Gasteiger partial charge in [0.25, 0.3) is 0 Å². The van der Waals surface area contributed by atoms with Gasteiger partial charge in [0.2, 0.25) is 0 Å². The van der Waals surface area contributed by atoms with E-state index in [1.54, 1.807) is 0 Å². The summed E-state index contributed by atoms with van der Waals surface area (Å²) < 4.78 is 0. The second kappa shape index (κ2) is 5.35. The Morgan fingerprint density at radius 2 is 1.76 bits per heavy atom. The molecule has 0 radical (unpaired) electrons. The van der Waals surface area contributed by atoms with E-state index in [-0.39, 0.29) is 0 Å². The first-order valence-corrected chi connectivity index (χ1v) is 6.08. The molecule has 0 bridgehead atoms. The second-order valence-electron chi connectivity index (χ2n) is 4.19. The Bertz CT molecular complexity index is 503. The number of nitrogens with one attached hydrogen (secondary N) is 1. The van der Waals surface area contributed by atoms with E-state index in [0.717, 1.165) is 11.6 Å². The van der Waals surface area contributed by atoms with Crippen molar-refractivity contribution in [3.05, 3.63) is 58.6 Å². The highest BCUT2D eigenvalue weighted by Crippen LogP contribution is 2.25. The smallest absolute Gasteiger partial charge is 0.0406 e. The molecule has 0 aliphatic rings. The third-order valence-corrected chi connectivity index (χ3v) is 3.08. The molecule has 0 unspecified atom stereocenters. The highest BCUT2D eigenvalue weighted by Gasteiger charge is 2.02. The number of hydrogen-bond donors (Lipinski definition) is 1. The van der Waals surface area contributed by atoms with Crippen LogP contribution >= 0.6 is 11.6 Å². The summed E-state index contributed by atoms with van der Waals surface area (Å²) in [7, 11) is 1.96. The van der Waals surface area contributed by atoms with Crippen LogP contribution in [0.15, 0.2) is 42.5 Å². The molecule has 2 aromatic rings. The van der Waals surface area contributed by atoms with Gasteiger partial charge in [0.1, 0.15) is 0 Å². The largest absolute Gasteiger partial charge is 0.316 e. The predicted octanol–water partition coefficient (Wildman–Crippen LogP) is 4.03. The van der Waals surface area contributed by atoms with Gasteiger partial charge in [0, 0.05) is 11.6 Å². The van der Waals surface area contributed by atoms with Crippen molar-refractivity contribution in [2.24, 2.45) is 0 Å². The van der Waals surface area contributed by atoms with Gasteiger partial charge in [-0.05, 0) is 48.4 Å². The van der Waals surface area contributed by atoms with Gasteiger partial charge in [0.15, 0.2) is 0 Å². The fourth-order valence-corrected chi connectivity index (χ4v) is 2.12. The molecular formula is C15H16ClN. The van der Waals surface area contributed by atoms with Gasteiger partial charge in [-0.15, -0.1) is 0 Å². The maximum Gasteiger partial charge on any atom is 0.0406 e. The van der Waals surface area contributed by atoms with Crippen molar-refractivity contribution >= 4 is 11.6 Å². The number of rotatable bonds is 3. The van der Waals surface area contributed by atoms with Gasteiger partial charge in [-0.3, -0.25) is 0 Å². The minimum atomic E-state index is 0.776. The van der Waals surface area contributed by atoms with Crippen molar-refractivity contribution in [2.45, 2.75) is 13.5 Å². The third-order valence-electron chi connectivity index (χ3n) is 2.83. The molecule has 0 aliphatic heterocycles. The van der Waals surface area contributed by atoms with Crippen LogP contribution in [0, 0.1) is 6.92 Å². The Morgan fingerprint density at radius 3 is 2.35 bits per heavy atom. The molecule has 0 amide bonds.